The van der Waals surface area contributed by atoms with Gasteiger partial charge in [-0.05, 0) is 71.8 Å². The molecule has 3 aromatic rings. The molecule has 1 aliphatic carbocycles. The summed E-state index contributed by atoms with van der Waals surface area (Å²) >= 11 is 1.80. The number of fused-ring (bicyclic) bond motifs is 5. The summed E-state index contributed by atoms with van der Waals surface area (Å²) in [4.78, 5) is 15.3. The Morgan fingerprint density at radius 3 is 2.75 bits per heavy atom. The molecule has 2 atom stereocenters. The van der Waals surface area contributed by atoms with E-state index in [1.807, 2.05) is 0 Å². The van der Waals surface area contributed by atoms with E-state index in [9.17, 15) is 4.79 Å². The Bertz CT molecular complexity index is 1180. The third kappa shape index (κ3) is 3.43. The fourth-order valence-electron chi connectivity index (χ4n) is 6.03. The van der Waals surface area contributed by atoms with Crippen molar-refractivity contribution in [1.82, 2.24) is 10.2 Å². The number of alkyl carbamates (subject to hydrolysis) is 1. The van der Waals surface area contributed by atoms with Crippen LogP contribution in [0.5, 0.6) is 0 Å². The van der Waals surface area contributed by atoms with Crippen LogP contribution < -0.4 is 5.32 Å². The maximum absolute atomic E-state index is 12.9. The van der Waals surface area contributed by atoms with Gasteiger partial charge in [0.25, 0.3) is 0 Å². The minimum Gasteiger partial charge on any atom is -0.445 e. The lowest BCUT2D eigenvalue weighted by Crippen LogP contribution is -2.53. The molecular formula is C27H30N2O2S. The summed E-state index contributed by atoms with van der Waals surface area (Å²) in [7, 11) is 0. The standard InChI is InChI=1S/C27H30N2O2S/c1-27(2)14-19-13-18(22-16-32-24-6-4-3-5-21(22)24)7-8-20(19)25(27)28-26(30)31-23-15-29-11-9-17(23)10-12-29/h3-8,13,16-17,23,25H,9-12,14-15H2,1-2H3,(H,28,30)/t23-,25?/m1/s1. The average molecular weight is 447 g/mol. The van der Waals surface area contributed by atoms with Crippen molar-refractivity contribution in [2.24, 2.45) is 11.3 Å². The number of nitrogens with zero attached hydrogens (tertiary/aromatic N) is 1. The van der Waals surface area contributed by atoms with E-state index in [1.165, 1.54) is 32.3 Å². The molecule has 3 aliphatic heterocycles. The molecular weight excluding hydrogens is 416 g/mol. The largest absolute Gasteiger partial charge is 0.445 e. The zero-order valence-electron chi connectivity index (χ0n) is 18.8. The van der Waals surface area contributed by atoms with Gasteiger partial charge in [-0.15, -0.1) is 11.3 Å². The van der Waals surface area contributed by atoms with Crippen LogP contribution in [0.3, 0.4) is 0 Å². The minimum atomic E-state index is -0.261. The molecule has 4 heterocycles. The van der Waals surface area contributed by atoms with Crippen molar-refractivity contribution in [1.29, 1.82) is 0 Å². The summed E-state index contributed by atoms with van der Waals surface area (Å²) in [5.41, 5.74) is 5.06. The lowest BCUT2D eigenvalue weighted by atomic mass is 9.85. The monoisotopic (exact) mass is 446 g/mol. The predicted octanol–water partition coefficient (Wildman–Crippen LogP) is 6.01. The molecule has 0 saturated carbocycles. The number of ether oxygens (including phenoxy) is 1. The van der Waals surface area contributed by atoms with E-state index >= 15 is 0 Å². The maximum Gasteiger partial charge on any atom is 0.407 e. The number of thiophene rings is 1. The minimum absolute atomic E-state index is 0.0284. The van der Waals surface area contributed by atoms with Crippen LogP contribution in [0.4, 0.5) is 4.79 Å². The number of rotatable bonds is 3. The first kappa shape index (κ1) is 20.3. The number of hydrogen-bond acceptors (Lipinski definition) is 4. The quantitative estimate of drug-likeness (QED) is 0.535. The third-order valence-electron chi connectivity index (χ3n) is 7.79. The molecule has 1 amide bonds. The molecule has 2 bridgehead atoms. The van der Waals surface area contributed by atoms with Crippen molar-refractivity contribution < 1.29 is 9.53 Å². The molecule has 166 valence electrons. The number of benzene rings is 2. The second-order valence-electron chi connectivity index (χ2n) is 10.4. The fourth-order valence-corrected chi connectivity index (χ4v) is 7.00. The Hall–Kier alpha value is -2.37. The molecule has 32 heavy (non-hydrogen) atoms. The highest BCUT2D eigenvalue weighted by Crippen LogP contribution is 2.47. The number of hydrogen-bond donors (Lipinski definition) is 1. The van der Waals surface area contributed by atoms with Crippen LogP contribution in [0.1, 0.15) is 43.9 Å². The second kappa shape index (κ2) is 7.60. The third-order valence-corrected chi connectivity index (χ3v) is 8.75. The summed E-state index contributed by atoms with van der Waals surface area (Å²) in [5.74, 6) is 0.526. The Labute approximate surface area is 193 Å². The molecule has 7 rings (SSSR count). The summed E-state index contributed by atoms with van der Waals surface area (Å²) in [6.45, 7) is 7.67. The highest BCUT2D eigenvalue weighted by molar-refractivity contribution is 7.17. The van der Waals surface area contributed by atoms with Crippen LogP contribution in [0.15, 0.2) is 47.8 Å². The van der Waals surface area contributed by atoms with Gasteiger partial charge in [0.1, 0.15) is 6.10 Å². The number of carbonyl (C=O) groups excluding carboxylic acids is 1. The molecule has 1 unspecified atom stereocenters. The highest BCUT2D eigenvalue weighted by Gasteiger charge is 2.42. The molecule has 0 radical (unpaired) electrons. The number of amides is 1. The van der Waals surface area contributed by atoms with E-state index in [2.05, 4.69) is 71.9 Å². The topological polar surface area (TPSA) is 41.6 Å². The summed E-state index contributed by atoms with van der Waals surface area (Å²) in [6, 6.07) is 15.3. The zero-order chi connectivity index (χ0) is 21.9. The summed E-state index contributed by atoms with van der Waals surface area (Å²) in [5, 5.41) is 6.81. The normalized spacial score (nSPS) is 27.9. The Morgan fingerprint density at radius 2 is 1.97 bits per heavy atom. The Kier molecular flexibility index (Phi) is 4.81. The Morgan fingerprint density at radius 1 is 1.16 bits per heavy atom. The SMILES string of the molecule is CC1(C)Cc2cc(-c3csc4ccccc34)ccc2C1NC(=O)O[C@@H]1CN2CCC1CC2. The average Bonchev–Trinajstić information content (AvgIpc) is 3.32. The van der Waals surface area contributed by atoms with Gasteiger partial charge in [-0.1, -0.05) is 50.2 Å². The van der Waals surface area contributed by atoms with Crippen molar-refractivity contribution in [3.8, 4) is 11.1 Å². The first-order valence-corrected chi connectivity index (χ1v) is 12.6. The van der Waals surface area contributed by atoms with Crippen molar-refractivity contribution in [3.63, 3.8) is 0 Å². The van der Waals surface area contributed by atoms with Gasteiger partial charge in [0.05, 0.1) is 6.04 Å². The van der Waals surface area contributed by atoms with E-state index in [-0.39, 0.29) is 23.7 Å². The van der Waals surface area contributed by atoms with Gasteiger partial charge in [-0.3, -0.25) is 4.90 Å². The zero-order valence-corrected chi connectivity index (χ0v) is 19.6. The van der Waals surface area contributed by atoms with Gasteiger partial charge < -0.3 is 10.1 Å². The first-order valence-electron chi connectivity index (χ1n) is 11.8. The lowest BCUT2D eigenvalue weighted by molar-refractivity contribution is -0.0348. The van der Waals surface area contributed by atoms with Crippen molar-refractivity contribution in [3.05, 3.63) is 59.0 Å². The van der Waals surface area contributed by atoms with Crippen LogP contribution in [-0.4, -0.2) is 36.7 Å². The van der Waals surface area contributed by atoms with Gasteiger partial charge in [0, 0.05) is 22.2 Å². The van der Waals surface area contributed by atoms with Crippen molar-refractivity contribution in [2.75, 3.05) is 19.6 Å². The summed E-state index contributed by atoms with van der Waals surface area (Å²) in [6.07, 6.45) is 3.02. The lowest BCUT2D eigenvalue weighted by Gasteiger charge is -2.44. The van der Waals surface area contributed by atoms with Gasteiger partial charge in [-0.25, -0.2) is 4.79 Å². The summed E-state index contributed by atoms with van der Waals surface area (Å²) < 4.78 is 7.25. The van der Waals surface area contributed by atoms with E-state index in [4.69, 9.17) is 4.74 Å². The molecule has 1 aromatic heterocycles. The van der Waals surface area contributed by atoms with Crippen LogP contribution in [0, 0.1) is 11.3 Å². The number of piperidine rings is 3. The van der Waals surface area contributed by atoms with Crippen LogP contribution >= 0.6 is 11.3 Å². The van der Waals surface area contributed by atoms with Crippen LogP contribution in [0.2, 0.25) is 0 Å². The number of nitrogens with one attached hydrogen (secondary N) is 1. The smallest absolute Gasteiger partial charge is 0.407 e. The molecule has 3 saturated heterocycles. The molecule has 3 fully saturated rings. The predicted molar refractivity (Wildman–Crippen MR) is 130 cm³/mol. The molecule has 4 nitrogen and oxygen atoms in total. The maximum atomic E-state index is 12.9. The second-order valence-corrected chi connectivity index (χ2v) is 11.3. The first-order chi connectivity index (χ1) is 15.5. The van der Waals surface area contributed by atoms with Gasteiger partial charge in [-0.2, -0.15) is 0 Å². The Balaban J connectivity index is 1.23. The van der Waals surface area contributed by atoms with Gasteiger partial charge >= 0.3 is 6.09 Å². The molecule has 5 heteroatoms. The van der Waals surface area contributed by atoms with Gasteiger partial charge in [0.2, 0.25) is 0 Å². The molecule has 1 N–H and O–H groups in total. The number of carbonyl (C=O) groups is 1. The van der Waals surface area contributed by atoms with Gasteiger partial charge in [0.15, 0.2) is 0 Å². The molecule has 2 aromatic carbocycles. The van der Waals surface area contributed by atoms with Crippen molar-refractivity contribution >= 4 is 27.5 Å². The molecule has 4 aliphatic rings. The highest BCUT2D eigenvalue weighted by atomic mass is 32.1. The van der Waals surface area contributed by atoms with Crippen molar-refractivity contribution in [2.45, 2.75) is 45.3 Å². The molecule has 0 spiro atoms. The van der Waals surface area contributed by atoms with Crippen LogP contribution in [-0.2, 0) is 11.2 Å². The fraction of sp³-hybridized carbons (Fsp3) is 0.444. The van der Waals surface area contributed by atoms with Crippen LogP contribution in [0.25, 0.3) is 21.2 Å². The van der Waals surface area contributed by atoms with E-state index in [1.54, 1.807) is 11.3 Å². The van der Waals surface area contributed by atoms with E-state index in [0.29, 0.717) is 5.92 Å². The van der Waals surface area contributed by atoms with E-state index in [0.717, 1.165) is 38.9 Å². The van der Waals surface area contributed by atoms with E-state index < -0.39 is 0 Å².